The largest absolute Gasteiger partial charge is 0.475 e. The van der Waals surface area contributed by atoms with Crippen LogP contribution in [0.25, 0.3) is 0 Å². The highest BCUT2D eigenvalue weighted by atomic mass is 31.2. The van der Waals surface area contributed by atoms with E-state index in [1.807, 2.05) is 74.5 Å². The SMILES string of the molecule is CCCCC(=O)O[C@@H](CN)[C@H](COP(=O)(OCc1ccccc1)OCc1ccccc1)OC(=O)CCCC. The zero-order valence-corrected chi connectivity index (χ0v) is 23.2. The van der Waals surface area contributed by atoms with Gasteiger partial charge in [-0.25, -0.2) is 4.57 Å². The maximum Gasteiger partial charge on any atom is 0.475 e. The number of phosphoric ester groups is 1. The number of nitrogens with two attached hydrogens (primary N) is 1. The van der Waals surface area contributed by atoms with Crippen molar-refractivity contribution in [3.05, 3.63) is 71.8 Å². The van der Waals surface area contributed by atoms with Gasteiger partial charge in [0.1, 0.15) is 0 Å². The Balaban J connectivity index is 2.17. The summed E-state index contributed by atoms with van der Waals surface area (Å²) < 4.78 is 41.7. The first-order valence-corrected chi connectivity index (χ1v) is 14.6. The smallest absolute Gasteiger partial charge is 0.457 e. The quantitative estimate of drug-likeness (QED) is 0.173. The number of phosphoric acid groups is 1. The number of carbonyl (C=O) groups excluding carboxylic acids is 2. The van der Waals surface area contributed by atoms with E-state index < -0.39 is 38.6 Å². The van der Waals surface area contributed by atoms with Crippen molar-refractivity contribution in [1.82, 2.24) is 0 Å². The second-order valence-corrected chi connectivity index (χ2v) is 10.4. The molecule has 0 heterocycles. The molecule has 10 heteroatoms. The lowest BCUT2D eigenvalue weighted by Gasteiger charge is -2.27. The molecule has 0 aliphatic carbocycles. The van der Waals surface area contributed by atoms with Gasteiger partial charge < -0.3 is 15.2 Å². The lowest BCUT2D eigenvalue weighted by molar-refractivity contribution is -0.170. The van der Waals surface area contributed by atoms with Gasteiger partial charge in [0.15, 0.2) is 12.2 Å². The molecular weight excluding hydrogens is 509 g/mol. The molecular formula is C28H40NO8P. The van der Waals surface area contributed by atoms with E-state index in [1.54, 1.807) is 0 Å². The highest BCUT2D eigenvalue weighted by molar-refractivity contribution is 7.48. The minimum absolute atomic E-state index is 0.0276. The average molecular weight is 550 g/mol. The van der Waals surface area contributed by atoms with Gasteiger partial charge in [-0.1, -0.05) is 87.4 Å². The summed E-state index contributed by atoms with van der Waals surface area (Å²) in [6.07, 6.45) is 1.23. The number of hydrogen-bond donors (Lipinski definition) is 1. The Hall–Kier alpha value is -2.55. The number of unbranched alkanes of at least 4 members (excludes halogenated alkanes) is 2. The van der Waals surface area contributed by atoms with Gasteiger partial charge in [0.05, 0.1) is 19.8 Å². The number of rotatable bonds is 19. The molecule has 0 aliphatic heterocycles. The van der Waals surface area contributed by atoms with Crippen LogP contribution in [0.2, 0.25) is 0 Å². The second kappa shape index (κ2) is 17.9. The molecule has 0 spiro atoms. The molecule has 210 valence electrons. The van der Waals surface area contributed by atoms with Crippen molar-refractivity contribution in [2.75, 3.05) is 13.2 Å². The molecule has 0 fully saturated rings. The normalized spacial score (nSPS) is 13.0. The molecule has 0 aliphatic rings. The first-order chi connectivity index (χ1) is 18.4. The third-order valence-corrected chi connectivity index (χ3v) is 6.90. The van der Waals surface area contributed by atoms with Gasteiger partial charge in [-0.3, -0.25) is 23.2 Å². The number of ether oxygens (including phenoxy) is 2. The van der Waals surface area contributed by atoms with Gasteiger partial charge in [0.2, 0.25) is 0 Å². The Morgan fingerprint density at radius 2 is 1.18 bits per heavy atom. The molecule has 2 aromatic carbocycles. The standard InChI is InChI=1S/C28H40NO8P/c1-3-5-17-27(30)36-25(19-29)26(37-28(31)18-6-4-2)22-35-38(32,33-20-23-13-9-7-10-14-23)34-21-24-15-11-8-12-16-24/h7-16,25-26H,3-6,17-22,29H2,1-2H3/t25-,26-/m0/s1. The fourth-order valence-corrected chi connectivity index (χ4v) is 4.49. The molecule has 2 rings (SSSR count). The molecule has 2 atom stereocenters. The van der Waals surface area contributed by atoms with Crippen LogP contribution in [0.15, 0.2) is 60.7 Å². The maximum absolute atomic E-state index is 13.7. The average Bonchev–Trinajstić information content (AvgIpc) is 2.95. The van der Waals surface area contributed by atoms with Crippen molar-refractivity contribution in [1.29, 1.82) is 0 Å². The molecule has 0 amide bonds. The Morgan fingerprint density at radius 3 is 1.61 bits per heavy atom. The van der Waals surface area contributed by atoms with Crippen molar-refractivity contribution in [3.8, 4) is 0 Å². The number of carbonyl (C=O) groups is 2. The monoisotopic (exact) mass is 549 g/mol. The molecule has 0 bridgehead atoms. The van der Waals surface area contributed by atoms with Crippen LogP contribution in [0.1, 0.15) is 63.5 Å². The first-order valence-electron chi connectivity index (χ1n) is 13.1. The van der Waals surface area contributed by atoms with Gasteiger partial charge in [0, 0.05) is 19.4 Å². The predicted molar refractivity (Wildman–Crippen MR) is 144 cm³/mol. The van der Waals surface area contributed by atoms with Crippen molar-refractivity contribution >= 4 is 19.8 Å². The van der Waals surface area contributed by atoms with E-state index >= 15 is 0 Å². The van der Waals surface area contributed by atoms with Gasteiger partial charge in [-0.2, -0.15) is 0 Å². The second-order valence-electron chi connectivity index (χ2n) is 8.76. The van der Waals surface area contributed by atoms with Gasteiger partial charge in [0.25, 0.3) is 0 Å². The van der Waals surface area contributed by atoms with Crippen LogP contribution in [-0.2, 0) is 50.4 Å². The molecule has 0 aromatic heterocycles. The van der Waals surface area contributed by atoms with Crippen LogP contribution in [0.4, 0.5) is 0 Å². The summed E-state index contributed by atoms with van der Waals surface area (Å²) in [6.45, 7) is 3.34. The number of benzene rings is 2. The van der Waals surface area contributed by atoms with E-state index in [2.05, 4.69) is 0 Å². The Bertz CT molecular complexity index is 941. The zero-order valence-electron chi connectivity index (χ0n) is 22.3. The lowest BCUT2D eigenvalue weighted by atomic mass is 10.2. The Morgan fingerprint density at radius 1 is 0.737 bits per heavy atom. The van der Waals surface area contributed by atoms with Crippen LogP contribution >= 0.6 is 7.82 Å². The molecule has 0 unspecified atom stereocenters. The van der Waals surface area contributed by atoms with E-state index in [0.29, 0.717) is 12.8 Å². The van der Waals surface area contributed by atoms with Gasteiger partial charge >= 0.3 is 19.8 Å². The van der Waals surface area contributed by atoms with Crippen molar-refractivity contribution < 1.29 is 37.2 Å². The molecule has 0 radical (unpaired) electrons. The summed E-state index contributed by atoms with van der Waals surface area (Å²) in [7, 11) is -4.14. The maximum atomic E-state index is 13.7. The summed E-state index contributed by atoms with van der Waals surface area (Å²) in [5.41, 5.74) is 7.42. The number of esters is 2. The number of hydrogen-bond acceptors (Lipinski definition) is 9. The molecule has 0 saturated heterocycles. The highest BCUT2D eigenvalue weighted by Crippen LogP contribution is 2.51. The molecule has 2 N–H and O–H groups in total. The van der Waals surface area contributed by atoms with Crippen molar-refractivity contribution in [2.45, 2.75) is 77.8 Å². The van der Waals surface area contributed by atoms with Crippen LogP contribution in [0, 0.1) is 0 Å². The minimum atomic E-state index is -4.14. The van der Waals surface area contributed by atoms with Crippen LogP contribution in [0.3, 0.4) is 0 Å². The molecule has 0 saturated carbocycles. The Kier molecular flexibility index (Phi) is 14.9. The van der Waals surface area contributed by atoms with E-state index in [4.69, 9.17) is 28.8 Å². The lowest BCUT2D eigenvalue weighted by Crippen LogP contribution is -2.43. The van der Waals surface area contributed by atoms with Gasteiger partial charge in [-0.15, -0.1) is 0 Å². The summed E-state index contributed by atoms with van der Waals surface area (Å²) in [4.78, 5) is 24.7. The third-order valence-electron chi connectivity index (χ3n) is 5.54. The summed E-state index contributed by atoms with van der Waals surface area (Å²) in [5.74, 6) is -0.950. The zero-order chi connectivity index (χ0) is 27.6. The molecule has 2 aromatic rings. The van der Waals surface area contributed by atoms with Crippen LogP contribution in [-0.4, -0.2) is 37.3 Å². The summed E-state index contributed by atoms with van der Waals surface area (Å²) in [5, 5.41) is 0. The van der Waals surface area contributed by atoms with Crippen molar-refractivity contribution in [2.24, 2.45) is 5.73 Å². The van der Waals surface area contributed by atoms with Crippen molar-refractivity contribution in [3.63, 3.8) is 0 Å². The minimum Gasteiger partial charge on any atom is -0.457 e. The predicted octanol–water partition coefficient (Wildman–Crippen LogP) is 5.71. The Labute approximate surface area is 225 Å². The first kappa shape index (κ1) is 31.7. The topological polar surface area (TPSA) is 123 Å². The van der Waals surface area contributed by atoms with E-state index in [0.717, 1.165) is 24.0 Å². The fourth-order valence-electron chi connectivity index (χ4n) is 3.32. The fraction of sp³-hybridized carbons (Fsp3) is 0.500. The summed E-state index contributed by atoms with van der Waals surface area (Å²) >= 11 is 0. The molecule has 38 heavy (non-hydrogen) atoms. The third kappa shape index (κ3) is 12.3. The van der Waals surface area contributed by atoms with E-state index in [-0.39, 0.29) is 32.6 Å². The summed E-state index contributed by atoms with van der Waals surface area (Å²) in [6, 6.07) is 18.3. The van der Waals surface area contributed by atoms with Crippen LogP contribution in [0.5, 0.6) is 0 Å². The van der Waals surface area contributed by atoms with E-state index in [9.17, 15) is 14.2 Å². The molecule has 9 nitrogen and oxygen atoms in total. The van der Waals surface area contributed by atoms with Gasteiger partial charge in [-0.05, 0) is 24.0 Å². The van der Waals surface area contributed by atoms with E-state index in [1.165, 1.54) is 0 Å². The highest BCUT2D eigenvalue weighted by Gasteiger charge is 2.34. The van der Waals surface area contributed by atoms with Crippen LogP contribution < -0.4 is 5.73 Å².